The number of carbonyl (C=O) groups is 1. The maximum atomic E-state index is 12.8. The molecule has 0 bridgehead atoms. The van der Waals surface area contributed by atoms with Crippen LogP contribution in [0, 0.1) is 10.1 Å². The molecule has 0 aliphatic rings. The van der Waals surface area contributed by atoms with Crippen LogP contribution in [0.15, 0.2) is 60.7 Å². The van der Waals surface area contributed by atoms with Crippen LogP contribution < -0.4 is 4.74 Å². The summed E-state index contributed by atoms with van der Waals surface area (Å²) < 4.78 is 5.32. The molecule has 0 fully saturated rings. The van der Waals surface area contributed by atoms with Gasteiger partial charge >= 0.3 is 0 Å². The zero-order valence-electron chi connectivity index (χ0n) is 12.4. The Balaban J connectivity index is 2.15. The lowest BCUT2D eigenvalue weighted by Gasteiger charge is -2.10. The summed E-state index contributed by atoms with van der Waals surface area (Å²) in [7, 11) is 1.57. The molecule has 0 aromatic heterocycles. The van der Waals surface area contributed by atoms with Gasteiger partial charge in [0.25, 0.3) is 5.69 Å². The first kappa shape index (κ1) is 14.7. The number of carbonyl (C=O) groups excluding carboxylic acids is 1. The molecular formula is C18H13NO4. The van der Waals surface area contributed by atoms with E-state index in [0.29, 0.717) is 11.3 Å². The summed E-state index contributed by atoms with van der Waals surface area (Å²) in [6.45, 7) is 0. The van der Waals surface area contributed by atoms with Gasteiger partial charge in [-0.25, -0.2) is 0 Å². The first-order chi connectivity index (χ1) is 11.1. The van der Waals surface area contributed by atoms with E-state index in [1.165, 1.54) is 18.2 Å². The third-order valence-corrected chi connectivity index (χ3v) is 3.67. The zero-order chi connectivity index (χ0) is 16.4. The Morgan fingerprint density at radius 3 is 2.43 bits per heavy atom. The average molecular weight is 307 g/mol. The van der Waals surface area contributed by atoms with Crippen molar-refractivity contribution in [1.82, 2.24) is 0 Å². The molecule has 0 spiro atoms. The van der Waals surface area contributed by atoms with Crippen molar-refractivity contribution in [3.63, 3.8) is 0 Å². The number of methoxy groups -OCH3 is 1. The minimum Gasteiger partial charge on any atom is -0.496 e. The average Bonchev–Trinajstić information content (AvgIpc) is 2.60. The lowest BCUT2D eigenvalue weighted by atomic mass is 9.96. The fourth-order valence-electron chi connectivity index (χ4n) is 2.56. The Bertz CT molecular complexity index is 918. The van der Waals surface area contributed by atoms with Gasteiger partial charge < -0.3 is 4.74 Å². The van der Waals surface area contributed by atoms with Crippen molar-refractivity contribution in [3.8, 4) is 5.75 Å². The second-order valence-corrected chi connectivity index (χ2v) is 5.00. The molecule has 114 valence electrons. The van der Waals surface area contributed by atoms with E-state index in [4.69, 9.17) is 4.74 Å². The Labute approximate surface area is 132 Å². The summed E-state index contributed by atoms with van der Waals surface area (Å²) in [5, 5.41) is 12.5. The van der Waals surface area contributed by atoms with Gasteiger partial charge in [0.05, 0.1) is 12.0 Å². The highest BCUT2D eigenvalue weighted by Crippen LogP contribution is 2.30. The smallest absolute Gasteiger partial charge is 0.270 e. The predicted octanol–water partition coefficient (Wildman–Crippen LogP) is 3.99. The Kier molecular flexibility index (Phi) is 3.76. The van der Waals surface area contributed by atoms with E-state index in [0.717, 1.165) is 10.8 Å². The number of rotatable bonds is 4. The number of nitro benzene ring substituents is 1. The molecule has 0 aliphatic heterocycles. The number of hydrogen-bond acceptors (Lipinski definition) is 4. The van der Waals surface area contributed by atoms with Crippen molar-refractivity contribution < 1.29 is 14.5 Å². The maximum Gasteiger partial charge on any atom is 0.270 e. The third-order valence-electron chi connectivity index (χ3n) is 3.67. The van der Waals surface area contributed by atoms with Gasteiger partial charge in [0, 0.05) is 28.6 Å². The first-order valence-corrected chi connectivity index (χ1v) is 6.96. The largest absolute Gasteiger partial charge is 0.496 e. The Hall–Kier alpha value is -3.21. The van der Waals surface area contributed by atoms with E-state index >= 15 is 0 Å². The van der Waals surface area contributed by atoms with Crippen LogP contribution in [-0.4, -0.2) is 17.8 Å². The van der Waals surface area contributed by atoms with Crippen molar-refractivity contribution in [2.45, 2.75) is 0 Å². The number of ketones is 1. The van der Waals surface area contributed by atoms with E-state index in [-0.39, 0.29) is 17.0 Å². The molecule has 3 rings (SSSR count). The van der Waals surface area contributed by atoms with Crippen LogP contribution >= 0.6 is 0 Å². The molecule has 3 aromatic rings. The van der Waals surface area contributed by atoms with Gasteiger partial charge in [-0.1, -0.05) is 36.4 Å². The van der Waals surface area contributed by atoms with E-state index in [9.17, 15) is 14.9 Å². The lowest BCUT2D eigenvalue weighted by Crippen LogP contribution is -2.03. The summed E-state index contributed by atoms with van der Waals surface area (Å²) in [5.74, 6) is 0.420. The van der Waals surface area contributed by atoms with Gasteiger partial charge in [0.15, 0.2) is 5.78 Å². The standard InChI is InChI=1S/C18H13NO4/c1-23-17-10-9-16(14-7-2-3-8-15(14)17)18(20)12-5-4-6-13(11-12)19(21)22/h2-11H,1H3. The number of nitro groups is 1. The van der Waals surface area contributed by atoms with E-state index in [1.54, 1.807) is 25.3 Å². The Morgan fingerprint density at radius 1 is 1.00 bits per heavy atom. The van der Waals surface area contributed by atoms with Crippen molar-refractivity contribution in [2.24, 2.45) is 0 Å². The molecule has 0 saturated carbocycles. The van der Waals surface area contributed by atoms with Crippen LogP contribution in [0.1, 0.15) is 15.9 Å². The number of non-ortho nitro benzene ring substituents is 1. The number of fused-ring (bicyclic) bond motifs is 1. The molecule has 0 amide bonds. The molecule has 3 aromatic carbocycles. The second-order valence-electron chi connectivity index (χ2n) is 5.00. The van der Waals surface area contributed by atoms with Gasteiger partial charge in [-0.05, 0) is 17.5 Å². The minimum absolute atomic E-state index is 0.103. The summed E-state index contributed by atoms with van der Waals surface area (Å²) >= 11 is 0. The van der Waals surface area contributed by atoms with Crippen LogP contribution in [-0.2, 0) is 0 Å². The third kappa shape index (κ3) is 2.64. The number of nitrogens with zero attached hydrogens (tertiary/aromatic N) is 1. The summed E-state index contributed by atoms with van der Waals surface area (Å²) in [5.41, 5.74) is 0.671. The van der Waals surface area contributed by atoms with Gasteiger partial charge in [-0.15, -0.1) is 0 Å². The molecule has 0 atom stereocenters. The fraction of sp³-hybridized carbons (Fsp3) is 0.0556. The summed E-state index contributed by atoms with van der Waals surface area (Å²) in [6, 6.07) is 16.6. The minimum atomic E-state index is -0.511. The highest BCUT2D eigenvalue weighted by atomic mass is 16.6. The van der Waals surface area contributed by atoms with Gasteiger partial charge in [-0.2, -0.15) is 0 Å². The molecule has 0 N–H and O–H groups in total. The number of benzene rings is 3. The number of ether oxygens (including phenoxy) is 1. The van der Waals surface area contributed by atoms with Crippen molar-refractivity contribution in [3.05, 3.63) is 81.9 Å². The fourth-order valence-corrected chi connectivity index (χ4v) is 2.56. The highest BCUT2D eigenvalue weighted by molar-refractivity contribution is 6.17. The Morgan fingerprint density at radius 2 is 1.74 bits per heavy atom. The molecule has 0 heterocycles. The monoisotopic (exact) mass is 307 g/mol. The van der Waals surface area contributed by atoms with Crippen molar-refractivity contribution in [1.29, 1.82) is 0 Å². The van der Waals surface area contributed by atoms with Crippen LogP contribution in [0.4, 0.5) is 5.69 Å². The van der Waals surface area contributed by atoms with Gasteiger partial charge in [0.2, 0.25) is 0 Å². The molecule has 0 unspecified atom stereocenters. The summed E-state index contributed by atoms with van der Waals surface area (Å²) in [6.07, 6.45) is 0. The molecule has 0 saturated heterocycles. The van der Waals surface area contributed by atoms with Crippen LogP contribution in [0.5, 0.6) is 5.75 Å². The van der Waals surface area contributed by atoms with E-state index in [2.05, 4.69) is 0 Å². The molecule has 5 heteroatoms. The van der Waals surface area contributed by atoms with E-state index in [1.807, 2.05) is 24.3 Å². The zero-order valence-corrected chi connectivity index (χ0v) is 12.4. The lowest BCUT2D eigenvalue weighted by molar-refractivity contribution is -0.384. The molecular weight excluding hydrogens is 294 g/mol. The normalized spacial score (nSPS) is 10.5. The molecule has 23 heavy (non-hydrogen) atoms. The van der Waals surface area contributed by atoms with Crippen LogP contribution in [0.2, 0.25) is 0 Å². The van der Waals surface area contributed by atoms with Gasteiger partial charge in [-0.3, -0.25) is 14.9 Å². The quantitative estimate of drug-likeness (QED) is 0.415. The van der Waals surface area contributed by atoms with Crippen LogP contribution in [0.25, 0.3) is 10.8 Å². The second kappa shape index (κ2) is 5.88. The molecule has 5 nitrogen and oxygen atoms in total. The van der Waals surface area contributed by atoms with E-state index < -0.39 is 4.92 Å². The number of hydrogen-bond donors (Lipinski definition) is 0. The first-order valence-electron chi connectivity index (χ1n) is 6.96. The molecule has 0 radical (unpaired) electrons. The summed E-state index contributed by atoms with van der Waals surface area (Å²) in [4.78, 5) is 23.1. The van der Waals surface area contributed by atoms with Crippen molar-refractivity contribution >= 4 is 22.2 Å². The van der Waals surface area contributed by atoms with Crippen molar-refractivity contribution in [2.75, 3.05) is 7.11 Å². The van der Waals surface area contributed by atoms with Gasteiger partial charge in [0.1, 0.15) is 5.75 Å². The van der Waals surface area contributed by atoms with Crippen LogP contribution in [0.3, 0.4) is 0 Å². The highest BCUT2D eigenvalue weighted by Gasteiger charge is 2.17. The topological polar surface area (TPSA) is 69.4 Å². The molecule has 0 aliphatic carbocycles. The maximum absolute atomic E-state index is 12.8. The SMILES string of the molecule is COc1ccc(C(=O)c2cccc([N+](=O)[O-])c2)c2ccccc12. The predicted molar refractivity (Wildman–Crippen MR) is 87.0 cm³/mol.